The molecule has 2 aromatic rings. The van der Waals surface area contributed by atoms with Gasteiger partial charge < -0.3 is 10.4 Å². The normalized spacial score (nSPS) is 13.1. The van der Waals surface area contributed by atoms with Crippen LogP contribution in [0.3, 0.4) is 0 Å². The summed E-state index contributed by atoms with van der Waals surface area (Å²) in [5.41, 5.74) is 2.50. The molecule has 21 heavy (non-hydrogen) atoms. The molecule has 1 atom stereocenters. The third-order valence-corrected chi connectivity index (χ3v) is 3.74. The summed E-state index contributed by atoms with van der Waals surface area (Å²) in [6.45, 7) is 5.12. The zero-order chi connectivity index (χ0) is 15.1. The van der Waals surface area contributed by atoms with Crippen LogP contribution in [0.5, 0.6) is 0 Å². The van der Waals surface area contributed by atoms with Gasteiger partial charge in [-0.2, -0.15) is 0 Å². The molecule has 2 heteroatoms. The van der Waals surface area contributed by atoms with Gasteiger partial charge >= 0.3 is 0 Å². The van der Waals surface area contributed by atoms with Gasteiger partial charge in [-0.05, 0) is 17.5 Å². The lowest BCUT2D eigenvalue weighted by atomic mass is 9.92. The predicted octanol–water partition coefficient (Wildman–Crippen LogP) is 3.58. The van der Waals surface area contributed by atoms with E-state index in [0.717, 1.165) is 13.0 Å². The van der Waals surface area contributed by atoms with Gasteiger partial charge in [0.05, 0.1) is 0 Å². The first-order valence-electron chi connectivity index (χ1n) is 7.54. The van der Waals surface area contributed by atoms with Crippen molar-refractivity contribution in [3.05, 3.63) is 71.8 Å². The molecule has 0 spiro atoms. The van der Waals surface area contributed by atoms with Gasteiger partial charge in [0.1, 0.15) is 0 Å². The van der Waals surface area contributed by atoms with Crippen molar-refractivity contribution in [2.45, 2.75) is 26.3 Å². The van der Waals surface area contributed by atoms with Crippen molar-refractivity contribution < 1.29 is 5.11 Å². The van der Waals surface area contributed by atoms with E-state index in [1.165, 1.54) is 11.1 Å². The minimum atomic E-state index is -0.107. The number of aliphatic hydroxyl groups is 1. The lowest BCUT2D eigenvalue weighted by molar-refractivity contribution is 0.153. The van der Waals surface area contributed by atoms with Crippen molar-refractivity contribution in [2.75, 3.05) is 13.2 Å². The Hall–Kier alpha value is -1.64. The zero-order valence-electron chi connectivity index (χ0n) is 12.9. The third-order valence-electron chi connectivity index (χ3n) is 3.74. The van der Waals surface area contributed by atoms with Crippen LogP contribution in [-0.2, 0) is 6.42 Å². The van der Waals surface area contributed by atoms with Crippen LogP contribution in [0.1, 0.15) is 31.0 Å². The lowest BCUT2D eigenvalue weighted by Crippen LogP contribution is -2.35. The van der Waals surface area contributed by atoms with E-state index in [2.05, 4.69) is 67.7 Å². The third kappa shape index (κ3) is 5.00. The molecule has 0 fully saturated rings. The fourth-order valence-corrected chi connectivity index (χ4v) is 2.30. The van der Waals surface area contributed by atoms with Gasteiger partial charge in [-0.3, -0.25) is 0 Å². The van der Waals surface area contributed by atoms with Crippen molar-refractivity contribution in [1.29, 1.82) is 0 Å². The summed E-state index contributed by atoms with van der Waals surface area (Å²) in [5.74, 6) is 0. The second-order valence-electron chi connectivity index (χ2n) is 6.36. The highest BCUT2D eigenvalue weighted by Gasteiger charge is 2.19. The summed E-state index contributed by atoms with van der Waals surface area (Å²) in [4.78, 5) is 0. The van der Waals surface area contributed by atoms with E-state index in [1.807, 2.05) is 12.1 Å². The first-order valence-corrected chi connectivity index (χ1v) is 7.54. The van der Waals surface area contributed by atoms with E-state index < -0.39 is 0 Å². The molecule has 0 aromatic heterocycles. The predicted molar refractivity (Wildman–Crippen MR) is 88.2 cm³/mol. The van der Waals surface area contributed by atoms with Crippen LogP contribution in [0.4, 0.5) is 0 Å². The van der Waals surface area contributed by atoms with E-state index in [0.29, 0.717) is 0 Å². The number of benzene rings is 2. The maximum Gasteiger partial charge on any atom is 0.0494 e. The van der Waals surface area contributed by atoms with E-state index in [4.69, 9.17) is 0 Å². The molecule has 2 N–H and O–H groups in total. The summed E-state index contributed by atoms with van der Waals surface area (Å²) in [7, 11) is 0. The van der Waals surface area contributed by atoms with Gasteiger partial charge in [-0.25, -0.2) is 0 Å². The van der Waals surface area contributed by atoms with E-state index in [1.54, 1.807) is 0 Å². The summed E-state index contributed by atoms with van der Waals surface area (Å²) in [6, 6.07) is 21.3. The fourth-order valence-electron chi connectivity index (χ4n) is 2.30. The number of hydrogen-bond acceptors (Lipinski definition) is 2. The second kappa shape index (κ2) is 7.39. The Labute approximate surface area is 127 Å². The molecule has 0 bridgehead atoms. The molecule has 2 aromatic carbocycles. The smallest absolute Gasteiger partial charge is 0.0494 e. The zero-order valence-corrected chi connectivity index (χ0v) is 12.9. The Bertz CT molecular complexity index is 522. The second-order valence-corrected chi connectivity index (χ2v) is 6.36. The van der Waals surface area contributed by atoms with Crippen LogP contribution in [-0.4, -0.2) is 18.3 Å². The van der Waals surface area contributed by atoms with Gasteiger partial charge in [0.2, 0.25) is 0 Å². The molecule has 0 saturated heterocycles. The monoisotopic (exact) mass is 283 g/mol. The van der Waals surface area contributed by atoms with Crippen LogP contribution in [0.15, 0.2) is 60.7 Å². The van der Waals surface area contributed by atoms with Gasteiger partial charge in [-0.15, -0.1) is 0 Å². The average molecular weight is 283 g/mol. The Morgan fingerprint density at radius 1 is 0.952 bits per heavy atom. The number of rotatable bonds is 7. The maximum absolute atomic E-state index is 9.43. The Morgan fingerprint density at radius 2 is 1.52 bits per heavy atom. The van der Waals surface area contributed by atoms with Crippen molar-refractivity contribution in [3.8, 4) is 0 Å². The van der Waals surface area contributed by atoms with Crippen molar-refractivity contribution in [2.24, 2.45) is 5.41 Å². The van der Waals surface area contributed by atoms with Crippen LogP contribution in [0.25, 0.3) is 0 Å². The molecule has 0 aliphatic heterocycles. The largest absolute Gasteiger partial charge is 0.396 e. The molecule has 0 amide bonds. The maximum atomic E-state index is 9.43. The quantitative estimate of drug-likeness (QED) is 0.814. The SMILES string of the molecule is CC(C)(CO)CNC(Cc1ccccc1)c1ccccc1. The molecule has 112 valence electrons. The Morgan fingerprint density at radius 3 is 2.10 bits per heavy atom. The molecule has 0 radical (unpaired) electrons. The first-order chi connectivity index (χ1) is 10.1. The summed E-state index contributed by atoms with van der Waals surface area (Å²) >= 11 is 0. The van der Waals surface area contributed by atoms with Crippen molar-refractivity contribution in [3.63, 3.8) is 0 Å². The summed E-state index contributed by atoms with van der Waals surface area (Å²) in [5, 5.41) is 13.0. The van der Waals surface area contributed by atoms with Crippen molar-refractivity contribution >= 4 is 0 Å². The van der Waals surface area contributed by atoms with Gasteiger partial charge in [0, 0.05) is 24.6 Å². The molecule has 1 unspecified atom stereocenters. The van der Waals surface area contributed by atoms with Crippen LogP contribution >= 0.6 is 0 Å². The fraction of sp³-hybridized carbons (Fsp3) is 0.368. The summed E-state index contributed by atoms with van der Waals surface area (Å²) < 4.78 is 0. The molecular formula is C19H25NO. The van der Waals surface area contributed by atoms with E-state index in [-0.39, 0.29) is 18.1 Å². The molecule has 0 heterocycles. The Balaban J connectivity index is 2.11. The highest BCUT2D eigenvalue weighted by molar-refractivity contribution is 5.23. The standard InChI is InChI=1S/C19H25NO/c1-19(2,15-21)14-20-18(17-11-7-4-8-12-17)13-16-9-5-3-6-10-16/h3-12,18,20-21H,13-15H2,1-2H3. The van der Waals surface area contributed by atoms with Crippen LogP contribution in [0.2, 0.25) is 0 Å². The van der Waals surface area contributed by atoms with Gasteiger partial charge in [0.15, 0.2) is 0 Å². The number of aliphatic hydroxyl groups excluding tert-OH is 1. The topological polar surface area (TPSA) is 32.3 Å². The van der Waals surface area contributed by atoms with Gasteiger partial charge in [0.25, 0.3) is 0 Å². The van der Waals surface area contributed by atoms with Crippen LogP contribution in [0, 0.1) is 5.41 Å². The van der Waals surface area contributed by atoms with E-state index in [9.17, 15) is 5.11 Å². The van der Waals surface area contributed by atoms with Gasteiger partial charge in [-0.1, -0.05) is 74.5 Å². The molecule has 0 aliphatic rings. The lowest BCUT2D eigenvalue weighted by Gasteiger charge is -2.27. The number of hydrogen-bond donors (Lipinski definition) is 2. The molecule has 2 rings (SSSR count). The minimum Gasteiger partial charge on any atom is -0.396 e. The molecule has 0 saturated carbocycles. The highest BCUT2D eigenvalue weighted by atomic mass is 16.3. The number of nitrogens with one attached hydrogen (secondary N) is 1. The first kappa shape index (κ1) is 15.7. The minimum absolute atomic E-state index is 0.107. The van der Waals surface area contributed by atoms with E-state index >= 15 is 0 Å². The summed E-state index contributed by atoms with van der Waals surface area (Å²) in [6.07, 6.45) is 0.951. The van der Waals surface area contributed by atoms with Crippen LogP contribution < -0.4 is 5.32 Å². The molecule has 2 nitrogen and oxygen atoms in total. The van der Waals surface area contributed by atoms with Crippen molar-refractivity contribution in [1.82, 2.24) is 5.32 Å². The molecule has 0 aliphatic carbocycles. The average Bonchev–Trinajstić information content (AvgIpc) is 2.53. The molecular weight excluding hydrogens is 258 g/mol. The highest BCUT2D eigenvalue weighted by Crippen LogP contribution is 2.21. The Kier molecular flexibility index (Phi) is 5.54.